The highest BCUT2D eigenvalue weighted by Gasteiger charge is 2.09. The van der Waals surface area contributed by atoms with Crippen molar-refractivity contribution in [1.82, 2.24) is 0 Å². The molecule has 0 unspecified atom stereocenters. The summed E-state index contributed by atoms with van der Waals surface area (Å²) in [6.07, 6.45) is 1.02. The Labute approximate surface area is 66.6 Å². The molecule has 0 radical (unpaired) electrons. The fourth-order valence-electron chi connectivity index (χ4n) is 0.477. The van der Waals surface area contributed by atoms with Gasteiger partial charge in [0.15, 0.2) is 0 Å². The van der Waals surface area contributed by atoms with Crippen molar-refractivity contribution in [1.29, 1.82) is 0 Å². The lowest BCUT2D eigenvalue weighted by Gasteiger charge is -2.04. The lowest BCUT2D eigenvalue weighted by Crippen LogP contribution is -2.14. The molecule has 0 fully saturated rings. The molecule has 0 heterocycles. The molecule has 11 heavy (non-hydrogen) atoms. The highest BCUT2D eigenvalue weighted by Crippen LogP contribution is 1.98. The Morgan fingerprint density at radius 2 is 2.00 bits per heavy atom. The second-order valence-corrected chi connectivity index (χ2v) is 3.80. The standard InChI is InChI=1S/C6H12O3S.FH/c1-4-5-10(7,8)9-6(2)3;/h4,6H,1,5H2,2-3H3;1H. The third kappa shape index (κ3) is 7.48. The van der Waals surface area contributed by atoms with Crippen LogP contribution < -0.4 is 0 Å². The quantitative estimate of drug-likeness (QED) is 0.485. The highest BCUT2D eigenvalue weighted by molar-refractivity contribution is 7.86. The second kappa shape index (κ2) is 5.26. The fourth-order valence-corrected chi connectivity index (χ4v) is 1.43. The summed E-state index contributed by atoms with van der Waals surface area (Å²) in [6.45, 7) is 6.63. The summed E-state index contributed by atoms with van der Waals surface area (Å²) in [5, 5.41) is 0. The van der Waals surface area contributed by atoms with Crippen molar-refractivity contribution < 1.29 is 17.3 Å². The van der Waals surface area contributed by atoms with E-state index in [2.05, 4.69) is 10.8 Å². The Kier molecular flexibility index (Phi) is 6.31. The summed E-state index contributed by atoms with van der Waals surface area (Å²) in [7, 11) is -3.35. The van der Waals surface area contributed by atoms with Crippen molar-refractivity contribution in [3.63, 3.8) is 0 Å². The molecule has 0 rings (SSSR count). The first kappa shape index (κ1) is 13.2. The molecule has 0 spiro atoms. The van der Waals surface area contributed by atoms with Gasteiger partial charge in [-0.1, -0.05) is 6.08 Å². The third-order valence-corrected chi connectivity index (χ3v) is 1.98. The van der Waals surface area contributed by atoms with Crippen LogP contribution in [0.3, 0.4) is 0 Å². The number of rotatable bonds is 4. The number of hydrogen-bond donors (Lipinski definition) is 0. The van der Waals surface area contributed by atoms with Gasteiger partial charge in [0.25, 0.3) is 10.1 Å². The molecule has 0 saturated heterocycles. The van der Waals surface area contributed by atoms with Gasteiger partial charge >= 0.3 is 0 Å². The minimum atomic E-state index is -3.35. The van der Waals surface area contributed by atoms with E-state index in [1.54, 1.807) is 13.8 Å². The Bertz CT molecular complexity index is 196. The van der Waals surface area contributed by atoms with Crippen molar-refractivity contribution in [2.75, 3.05) is 5.75 Å². The first-order chi connectivity index (χ1) is 4.48. The van der Waals surface area contributed by atoms with Gasteiger partial charge in [-0.3, -0.25) is 8.89 Å². The molecule has 0 amide bonds. The molecule has 5 heteroatoms. The number of hydrogen-bond acceptors (Lipinski definition) is 3. The van der Waals surface area contributed by atoms with E-state index in [4.69, 9.17) is 0 Å². The molecular formula is C6H13FO3S. The van der Waals surface area contributed by atoms with Crippen LogP contribution in [0.1, 0.15) is 13.8 Å². The van der Waals surface area contributed by atoms with E-state index in [1.807, 2.05) is 0 Å². The molecular weight excluding hydrogens is 171 g/mol. The van der Waals surface area contributed by atoms with E-state index >= 15 is 0 Å². The summed E-state index contributed by atoms with van der Waals surface area (Å²) in [4.78, 5) is 0. The van der Waals surface area contributed by atoms with Crippen molar-refractivity contribution in [3.05, 3.63) is 12.7 Å². The van der Waals surface area contributed by atoms with E-state index < -0.39 is 10.1 Å². The van der Waals surface area contributed by atoms with E-state index in [0.717, 1.165) is 0 Å². The molecule has 0 atom stereocenters. The second-order valence-electron chi connectivity index (χ2n) is 2.16. The van der Waals surface area contributed by atoms with E-state index in [-0.39, 0.29) is 16.6 Å². The van der Waals surface area contributed by atoms with E-state index in [1.165, 1.54) is 6.08 Å². The lowest BCUT2D eigenvalue weighted by molar-refractivity contribution is 0.250. The van der Waals surface area contributed by atoms with Crippen LogP contribution in [0.4, 0.5) is 4.70 Å². The molecule has 0 saturated carbocycles. The van der Waals surface area contributed by atoms with Gasteiger partial charge in [-0.25, -0.2) is 0 Å². The van der Waals surface area contributed by atoms with Crippen LogP contribution in [0.25, 0.3) is 0 Å². The zero-order valence-electron chi connectivity index (χ0n) is 6.61. The molecule has 0 aliphatic rings. The van der Waals surface area contributed by atoms with Crippen molar-refractivity contribution in [2.45, 2.75) is 20.0 Å². The van der Waals surface area contributed by atoms with Crippen LogP contribution in [0, 0.1) is 0 Å². The number of halogens is 1. The van der Waals surface area contributed by atoms with Gasteiger partial charge in [-0.2, -0.15) is 8.42 Å². The van der Waals surface area contributed by atoms with Crippen molar-refractivity contribution in [3.8, 4) is 0 Å². The first-order valence-corrected chi connectivity index (χ1v) is 4.57. The van der Waals surface area contributed by atoms with Gasteiger partial charge < -0.3 is 0 Å². The predicted molar refractivity (Wildman–Crippen MR) is 42.7 cm³/mol. The lowest BCUT2D eigenvalue weighted by atomic mass is 10.5. The maximum Gasteiger partial charge on any atom is 0.271 e. The monoisotopic (exact) mass is 184 g/mol. The van der Waals surface area contributed by atoms with Gasteiger partial charge in [-0.15, -0.1) is 6.58 Å². The molecule has 0 aliphatic heterocycles. The molecule has 0 aromatic rings. The maximum absolute atomic E-state index is 10.7. The summed E-state index contributed by atoms with van der Waals surface area (Å²) in [5.41, 5.74) is 0. The zero-order chi connectivity index (χ0) is 8.20. The van der Waals surface area contributed by atoms with Crippen LogP contribution in [-0.2, 0) is 14.3 Å². The summed E-state index contributed by atoms with van der Waals surface area (Å²) in [5.74, 6) is -0.120. The highest BCUT2D eigenvalue weighted by atomic mass is 32.2. The normalized spacial score (nSPS) is 10.8. The topological polar surface area (TPSA) is 43.4 Å². The Morgan fingerprint density at radius 1 is 1.55 bits per heavy atom. The third-order valence-electron chi connectivity index (χ3n) is 0.661. The summed E-state index contributed by atoms with van der Waals surface area (Å²) in [6, 6.07) is 0. The minimum Gasteiger partial charge on any atom is -0.269 e. The molecule has 0 bridgehead atoms. The summed E-state index contributed by atoms with van der Waals surface area (Å²) < 4.78 is 26.1. The maximum atomic E-state index is 10.7. The summed E-state index contributed by atoms with van der Waals surface area (Å²) >= 11 is 0. The Hall–Kier alpha value is -0.420. The van der Waals surface area contributed by atoms with Gasteiger partial charge in [0.1, 0.15) is 0 Å². The average molecular weight is 184 g/mol. The molecule has 0 aliphatic carbocycles. The van der Waals surface area contributed by atoms with E-state index in [9.17, 15) is 8.42 Å². The van der Waals surface area contributed by atoms with Gasteiger partial charge in [0, 0.05) is 0 Å². The van der Waals surface area contributed by atoms with Crippen LogP contribution in [0.2, 0.25) is 0 Å². The van der Waals surface area contributed by atoms with Crippen molar-refractivity contribution >= 4 is 10.1 Å². The Balaban J connectivity index is 0. The molecule has 68 valence electrons. The Morgan fingerprint density at radius 3 is 2.27 bits per heavy atom. The van der Waals surface area contributed by atoms with Crippen LogP contribution in [-0.4, -0.2) is 20.3 Å². The predicted octanol–water partition coefficient (Wildman–Crippen LogP) is 1.08. The largest absolute Gasteiger partial charge is 0.271 e. The minimum absolute atomic E-state index is 0. The van der Waals surface area contributed by atoms with Crippen LogP contribution >= 0.6 is 0 Å². The van der Waals surface area contributed by atoms with Crippen molar-refractivity contribution in [2.24, 2.45) is 0 Å². The van der Waals surface area contributed by atoms with Gasteiger partial charge in [0.2, 0.25) is 0 Å². The fraction of sp³-hybridized carbons (Fsp3) is 0.667. The molecule has 0 aromatic heterocycles. The van der Waals surface area contributed by atoms with Crippen LogP contribution in [0.15, 0.2) is 12.7 Å². The SMILES string of the molecule is C=CCS(=O)(=O)OC(C)C.F. The van der Waals surface area contributed by atoms with E-state index in [0.29, 0.717) is 0 Å². The molecule has 3 nitrogen and oxygen atoms in total. The van der Waals surface area contributed by atoms with Gasteiger partial charge in [0.05, 0.1) is 11.9 Å². The molecule has 0 N–H and O–H groups in total. The smallest absolute Gasteiger partial charge is 0.269 e. The molecule has 0 aromatic carbocycles. The zero-order valence-corrected chi connectivity index (χ0v) is 7.43. The average Bonchev–Trinajstić information content (AvgIpc) is 1.59. The van der Waals surface area contributed by atoms with Crippen LogP contribution in [0.5, 0.6) is 0 Å². The van der Waals surface area contributed by atoms with Gasteiger partial charge in [-0.05, 0) is 13.8 Å². The first-order valence-electron chi connectivity index (χ1n) is 3.00.